The van der Waals surface area contributed by atoms with Crippen LogP contribution in [0.15, 0.2) is 4.40 Å². The van der Waals surface area contributed by atoms with Crippen LogP contribution in [0.1, 0.15) is 52.9 Å². The van der Waals surface area contributed by atoms with Gasteiger partial charge in [-0.2, -0.15) is 0 Å². The molecular weight excluding hydrogens is 194 g/mol. The maximum absolute atomic E-state index is 11.6. The van der Waals surface area contributed by atoms with Gasteiger partial charge in [-0.1, -0.05) is 30.1 Å². The standard InChI is InChI=1S/C11H21NOS/c1-11(2,3)14(13)12-9-8-10-6-4-5-7-10/h9-10H,4-8H2,1-3H3/b12-9+. The molecule has 1 atom stereocenters. The molecule has 1 rings (SSSR count). The first-order valence-electron chi connectivity index (χ1n) is 5.44. The van der Waals surface area contributed by atoms with Gasteiger partial charge >= 0.3 is 0 Å². The molecule has 1 aliphatic carbocycles. The summed E-state index contributed by atoms with van der Waals surface area (Å²) in [6.07, 6.45) is 8.27. The van der Waals surface area contributed by atoms with Crippen LogP contribution < -0.4 is 0 Å². The summed E-state index contributed by atoms with van der Waals surface area (Å²) in [6.45, 7) is 5.86. The molecule has 0 aromatic carbocycles. The normalized spacial score (nSPS) is 22.0. The molecule has 0 aromatic rings. The van der Waals surface area contributed by atoms with E-state index in [2.05, 4.69) is 4.40 Å². The number of hydrogen-bond acceptors (Lipinski definition) is 2. The Kier molecular flexibility index (Phi) is 4.45. The Hall–Kier alpha value is -0.0200. The summed E-state index contributed by atoms with van der Waals surface area (Å²) in [4.78, 5) is 0. The van der Waals surface area contributed by atoms with Crippen molar-refractivity contribution in [2.24, 2.45) is 10.3 Å². The second-order valence-electron chi connectivity index (χ2n) is 5.04. The largest absolute Gasteiger partial charge is 0.591 e. The van der Waals surface area contributed by atoms with Crippen LogP contribution in [0.2, 0.25) is 0 Å². The number of hydrogen-bond donors (Lipinski definition) is 0. The monoisotopic (exact) mass is 215 g/mol. The maximum atomic E-state index is 11.6. The molecule has 0 amide bonds. The molecule has 1 fully saturated rings. The van der Waals surface area contributed by atoms with Gasteiger partial charge in [0.25, 0.3) is 0 Å². The molecular formula is C11H21NOS. The van der Waals surface area contributed by atoms with Crippen molar-refractivity contribution in [3.8, 4) is 0 Å². The summed E-state index contributed by atoms with van der Waals surface area (Å²) in [5.74, 6) is 0.802. The quantitative estimate of drug-likeness (QED) is 0.526. The van der Waals surface area contributed by atoms with Gasteiger partial charge < -0.3 is 4.55 Å². The number of nitrogens with zero attached hydrogens (tertiary/aromatic N) is 1. The van der Waals surface area contributed by atoms with Crippen LogP contribution in [0.5, 0.6) is 0 Å². The van der Waals surface area contributed by atoms with Gasteiger partial charge in [0.05, 0.1) is 6.21 Å². The summed E-state index contributed by atoms with van der Waals surface area (Å²) in [6, 6.07) is 0. The molecule has 0 aliphatic heterocycles. The van der Waals surface area contributed by atoms with Crippen LogP contribution >= 0.6 is 0 Å². The lowest BCUT2D eigenvalue weighted by atomic mass is 10.1. The zero-order valence-electron chi connectivity index (χ0n) is 9.45. The van der Waals surface area contributed by atoms with Crippen LogP contribution in [-0.4, -0.2) is 15.5 Å². The van der Waals surface area contributed by atoms with Crippen molar-refractivity contribution in [2.45, 2.75) is 57.6 Å². The molecule has 3 heteroatoms. The third-order valence-electron chi connectivity index (χ3n) is 2.61. The van der Waals surface area contributed by atoms with E-state index in [0.29, 0.717) is 0 Å². The van der Waals surface area contributed by atoms with Crippen LogP contribution in [0.25, 0.3) is 0 Å². The summed E-state index contributed by atoms with van der Waals surface area (Å²) in [7, 11) is 0. The highest BCUT2D eigenvalue weighted by Gasteiger charge is 2.25. The van der Waals surface area contributed by atoms with Crippen LogP contribution in [0.3, 0.4) is 0 Å². The first-order chi connectivity index (χ1) is 6.50. The Morgan fingerprint density at radius 2 is 1.93 bits per heavy atom. The van der Waals surface area contributed by atoms with E-state index in [9.17, 15) is 4.55 Å². The Bertz CT molecular complexity index is 192. The molecule has 0 N–H and O–H groups in total. The molecule has 2 nitrogen and oxygen atoms in total. The molecule has 1 unspecified atom stereocenters. The highest BCUT2D eigenvalue weighted by molar-refractivity contribution is 7.91. The van der Waals surface area contributed by atoms with Gasteiger partial charge in [0.1, 0.15) is 16.1 Å². The molecule has 1 aliphatic rings. The van der Waals surface area contributed by atoms with Crippen molar-refractivity contribution >= 4 is 17.6 Å². The van der Waals surface area contributed by atoms with Crippen molar-refractivity contribution < 1.29 is 4.55 Å². The van der Waals surface area contributed by atoms with Gasteiger partial charge in [-0.3, -0.25) is 0 Å². The minimum Gasteiger partial charge on any atom is -0.591 e. The summed E-state index contributed by atoms with van der Waals surface area (Å²) in [5.41, 5.74) is 0. The molecule has 0 aromatic heterocycles. The minimum absolute atomic E-state index is 0.216. The van der Waals surface area contributed by atoms with Crippen LogP contribution in [0.4, 0.5) is 0 Å². The van der Waals surface area contributed by atoms with Crippen molar-refractivity contribution in [3.05, 3.63) is 0 Å². The molecule has 0 bridgehead atoms. The average molecular weight is 215 g/mol. The topological polar surface area (TPSA) is 35.4 Å². The van der Waals surface area contributed by atoms with E-state index < -0.39 is 11.4 Å². The van der Waals surface area contributed by atoms with Crippen molar-refractivity contribution in [3.63, 3.8) is 0 Å². The lowest BCUT2D eigenvalue weighted by molar-refractivity contribution is 0.559. The summed E-state index contributed by atoms with van der Waals surface area (Å²) in [5, 5.41) is 0. The van der Waals surface area contributed by atoms with Crippen LogP contribution in [-0.2, 0) is 11.4 Å². The van der Waals surface area contributed by atoms with E-state index in [1.165, 1.54) is 25.7 Å². The Balaban J connectivity index is 2.25. The van der Waals surface area contributed by atoms with Gasteiger partial charge in [-0.25, -0.2) is 0 Å². The third-order valence-corrected chi connectivity index (χ3v) is 4.00. The van der Waals surface area contributed by atoms with E-state index in [4.69, 9.17) is 0 Å². The highest BCUT2D eigenvalue weighted by atomic mass is 32.2. The van der Waals surface area contributed by atoms with E-state index in [0.717, 1.165) is 12.3 Å². The molecule has 0 spiro atoms. The van der Waals surface area contributed by atoms with E-state index in [1.807, 2.05) is 27.0 Å². The predicted molar refractivity (Wildman–Crippen MR) is 63.0 cm³/mol. The SMILES string of the molecule is CC(C)(C)[S+]([O-])/N=C/CC1CCCC1. The van der Waals surface area contributed by atoms with E-state index >= 15 is 0 Å². The summed E-state index contributed by atoms with van der Waals surface area (Å²) < 4.78 is 15.4. The first-order valence-corrected chi connectivity index (χ1v) is 6.55. The fraction of sp³-hybridized carbons (Fsp3) is 0.909. The summed E-state index contributed by atoms with van der Waals surface area (Å²) >= 11 is -1.07. The zero-order chi connectivity index (χ0) is 10.6. The molecule has 14 heavy (non-hydrogen) atoms. The first kappa shape index (κ1) is 12.1. The predicted octanol–water partition coefficient (Wildman–Crippen LogP) is 3.10. The van der Waals surface area contributed by atoms with Crippen molar-refractivity contribution in [1.82, 2.24) is 0 Å². The second kappa shape index (κ2) is 5.17. The average Bonchev–Trinajstić information content (AvgIpc) is 2.55. The van der Waals surface area contributed by atoms with Gasteiger partial charge in [0, 0.05) is 0 Å². The Labute approximate surface area is 90.5 Å². The van der Waals surface area contributed by atoms with Gasteiger partial charge in [0.2, 0.25) is 0 Å². The van der Waals surface area contributed by atoms with Crippen LogP contribution in [0, 0.1) is 5.92 Å². The molecule has 0 heterocycles. The van der Waals surface area contributed by atoms with Gasteiger partial charge in [-0.05, 0) is 33.1 Å². The lowest BCUT2D eigenvalue weighted by Gasteiger charge is -2.17. The molecule has 0 radical (unpaired) electrons. The minimum atomic E-state index is -1.07. The molecule has 0 saturated heterocycles. The van der Waals surface area contributed by atoms with E-state index in [-0.39, 0.29) is 4.75 Å². The smallest absolute Gasteiger partial charge is 0.144 e. The maximum Gasteiger partial charge on any atom is 0.144 e. The fourth-order valence-corrected chi connectivity index (χ4v) is 2.20. The van der Waals surface area contributed by atoms with E-state index in [1.54, 1.807) is 0 Å². The van der Waals surface area contributed by atoms with Crippen molar-refractivity contribution in [1.29, 1.82) is 0 Å². The van der Waals surface area contributed by atoms with Gasteiger partial charge in [0.15, 0.2) is 0 Å². The lowest BCUT2D eigenvalue weighted by Crippen LogP contribution is -2.25. The third kappa shape index (κ3) is 4.01. The Morgan fingerprint density at radius 3 is 2.43 bits per heavy atom. The zero-order valence-corrected chi connectivity index (χ0v) is 10.3. The fourth-order valence-electron chi connectivity index (χ4n) is 1.66. The van der Waals surface area contributed by atoms with Gasteiger partial charge in [-0.15, -0.1) is 0 Å². The second-order valence-corrected chi connectivity index (χ2v) is 6.97. The highest BCUT2D eigenvalue weighted by Crippen LogP contribution is 2.27. The molecule has 82 valence electrons. The Morgan fingerprint density at radius 1 is 1.36 bits per heavy atom. The van der Waals surface area contributed by atoms with Crippen molar-refractivity contribution in [2.75, 3.05) is 0 Å². The molecule has 1 saturated carbocycles. The number of rotatable bonds is 3.